The van der Waals surface area contributed by atoms with E-state index in [1.807, 2.05) is 43.5 Å². The average Bonchev–Trinajstić information content (AvgIpc) is 3.32. The summed E-state index contributed by atoms with van der Waals surface area (Å²) in [5, 5.41) is 9.12. The van der Waals surface area contributed by atoms with Crippen LogP contribution in [-0.4, -0.2) is 36.5 Å². The molecule has 1 N–H and O–H groups in total. The third-order valence-corrected chi connectivity index (χ3v) is 6.44. The first-order valence-corrected chi connectivity index (χ1v) is 11.7. The highest BCUT2D eigenvalue weighted by molar-refractivity contribution is 7.99. The Morgan fingerprint density at radius 3 is 2.58 bits per heavy atom. The summed E-state index contributed by atoms with van der Waals surface area (Å²) in [6, 6.07) is 7.39. The molecule has 0 aliphatic rings. The van der Waals surface area contributed by atoms with Crippen molar-refractivity contribution in [2.24, 2.45) is 0 Å². The average molecular weight is 461 g/mol. The molecule has 2 aromatic heterocycles. The number of aryl methyl sites for hydroxylation is 2. The Labute approximate surface area is 189 Å². The smallest absolute Gasteiger partial charge is 0.341 e. The van der Waals surface area contributed by atoms with Crippen molar-refractivity contribution >= 4 is 40.0 Å². The molecule has 0 aliphatic carbocycles. The Bertz CT molecular complexity index is 1040. The molecule has 3 rings (SSSR count). The van der Waals surface area contributed by atoms with Crippen molar-refractivity contribution in [3.05, 3.63) is 52.2 Å². The van der Waals surface area contributed by atoms with Crippen LogP contribution in [-0.2, 0) is 15.3 Å². The van der Waals surface area contributed by atoms with Gasteiger partial charge in [0.15, 0.2) is 0 Å². The van der Waals surface area contributed by atoms with Gasteiger partial charge in [0.25, 0.3) is 0 Å². The van der Waals surface area contributed by atoms with E-state index in [0.29, 0.717) is 21.9 Å². The van der Waals surface area contributed by atoms with Gasteiger partial charge in [0, 0.05) is 22.3 Å². The maximum absolute atomic E-state index is 12.7. The number of benzene rings is 1. The van der Waals surface area contributed by atoms with Crippen LogP contribution in [0.5, 0.6) is 5.75 Å². The quantitative estimate of drug-likeness (QED) is 0.445. The summed E-state index contributed by atoms with van der Waals surface area (Å²) in [4.78, 5) is 25.2. The minimum absolute atomic E-state index is 0.189. The zero-order valence-electron chi connectivity index (χ0n) is 17.8. The predicted molar refractivity (Wildman–Crippen MR) is 123 cm³/mol. The number of methoxy groups -OCH3 is 1. The minimum Gasteiger partial charge on any atom is -0.497 e. The number of carbonyl (C=O) groups excluding carboxylic acids is 2. The standard InChI is InChI=1S/C22H24N2O5S2/c1-5-28-22(26)20-18(15-6-8-16(27-4)9-7-15)11-31-21(20)23-19(25)12-30-10-17-13(2)24-29-14(17)3/h6-9,11H,5,10,12H2,1-4H3,(H,23,25). The third kappa shape index (κ3) is 5.48. The van der Waals surface area contributed by atoms with Gasteiger partial charge in [-0.05, 0) is 38.5 Å². The van der Waals surface area contributed by atoms with Crippen molar-refractivity contribution in [1.29, 1.82) is 0 Å². The van der Waals surface area contributed by atoms with Crippen LogP contribution in [0.2, 0.25) is 0 Å². The number of carbonyl (C=O) groups is 2. The maximum atomic E-state index is 12.7. The first kappa shape index (κ1) is 22.9. The number of esters is 1. The Hall–Kier alpha value is -2.78. The first-order chi connectivity index (χ1) is 14.9. The van der Waals surface area contributed by atoms with Crippen LogP contribution in [0.1, 0.15) is 34.3 Å². The fourth-order valence-electron chi connectivity index (χ4n) is 2.96. The molecular formula is C22H24N2O5S2. The summed E-state index contributed by atoms with van der Waals surface area (Å²) in [7, 11) is 1.60. The highest BCUT2D eigenvalue weighted by Gasteiger charge is 2.23. The van der Waals surface area contributed by atoms with E-state index in [2.05, 4.69) is 10.5 Å². The largest absolute Gasteiger partial charge is 0.497 e. The third-order valence-electron chi connectivity index (χ3n) is 4.59. The Morgan fingerprint density at radius 1 is 1.23 bits per heavy atom. The number of hydrogen-bond acceptors (Lipinski definition) is 8. The summed E-state index contributed by atoms with van der Waals surface area (Å²) < 4.78 is 15.6. The Morgan fingerprint density at radius 2 is 1.97 bits per heavy atom. The van der Waals surface area contributed by atoms with E-state index in [0.717, 1.165) is 28.3 Å². The summed E-state index contributed by atoms with van der Waals surface area (Å²) in [5.41, 5.74) is 3.75. The lowest BCUT2D eigenvalue weighted by Gasteiger charge is -2.09. The van der Waals surface area contributed by atoms with Crippen LogP contribution in [0.15, 0.2) is 34.2 Å². The number of hydrogen-bond donors (Lipinski definition) is 1. The monoisotopic (exact) mass is 460 g/mol. The van der Waals surface area contributed by atoms with Gasteiger partial charge in [-0.3, -0.25) is 4.79 Å². The summed E-state index contributed by atoms with van der Waals surface area (Å²) >= 11 is 2.76. The molecule has 0 radical (unpaired) electrons. The number of anilines is 1. The number of thioether (sulfide) groups is 1. The molecule has 0 unspecified atom stereocenters. The molecule has 0 saturated carbocycles. The predicted octanol–water partition coefficient (Wildman–Crippen LogP) is 5.08. The van der Waals surface area contributed by atoms with Gasteiger partial charge in [0.05, 0.1) is 25.2 Å². The lowest BCUT2D eigenvalue weighted by Crippen LogP contribution is -2.16. The van der Waals surface area contributed by atoms with Crippen LogP contribution in [0.3, 0.4) is 0 Å². The van der Waals surface area contributed by atoms with Gasteiger partial charge >= 0.3 is 5.97 Å². The molecule has 2 heterocycles. The van der Waals surface area contributed by atoms with E-state index in [4.69, 9.17) is 14.0 Å². The van der Waals surface area contributed by atoms with Crippen LogP contribution in [0.25, 0.3) is 11.1 Å². The molecule has 1 amide bonds. The van der Waals surface area contributed by atoms with Gasteiger partial charge in [0.2, 0.25) is 5.91 Å². The van der Waals surface area contributed by atoms with Gasteiger partial charge in [-0.25, -0.2) is 4.79 Å². The molecule has 164 valence electrons. The molecule has 0 bridgehead atoms. The van der Waals surface area contributed by atoms with Gasteiger partial charge < -0.3 is 19.3 Å². The van der Waals surface area contributed by atoms with Crippen molar-refractivity contribution in [2.45, 2.75) is 26.5 Å². The van der Waals surface area contributed by atoms with Gasteiger partial charge in [-0.1, -0.05) is 17.3 Å². The molecule has 1 aromatic carbocycles. The minimum atomic E-state index is -0.465. The zero-order chi connectivity index (χ0) is 22.4. The summed E-state index contributed by atoms with van der Waals surface area (Å²) in [6.45, 7) is 5.73. The number of ether oxygens (including phenoxy) is 2. The van der Waals surface area contributed by atoms with Crippen LogP contribution >= 0.6 is 23.1 Å². The first-order valence-electron chi connectivity index (χ1n) is 9.67. The number of rotatable bonds is 9. The molecule has 9 heteroatoms. The second-order valence-corrected chi connectivity index (χ2v) is 8.51. The van der Waals surface area contributed by atoms with Crippen molar-refractivity contribution in [1.82, 2.24) is 5.16 Å². The Balaban J connectivity index is 1.74. The molecule has 0 aliphatic heterocycles. The summed E-state index contributed by atoms with van der Waals surface area (Å²) in [5.74, 6) is 1.69. The van der Waals surface area contributed by atoms with Crippen LogP contribution < -0.4 is 10.1 Å². The van der Waals surface area contributed by atoms with Crippen molar-refractivity contribution in [3.63, 3.8) is 0 Å². The normalized spacial score (nSPS) is 10.7. The number of thiophene rings is 1. The topological polar surface area (TPSA) is 90.7 Å². The molecule has 3 aromatic rings. The number of aromatic nitrogens is 1. The van der Waals surface area contributed by atoms with Gasteiger partial charge in [-0.2, -0.15) is 0 Å². The van der Waals surface area contributed by atoms with E-state index in [-0.39, 0.29) is 18.3 Å². The molecule has 7 nitrogen and oxygen atoms in total. The van der Waals surface area contributed by atoms with E-state index in [9.17, 15) is 9.59 Å². The fraction of sp³-hybridized carbons (Fsp3) is 0.318. The number of nitrogens with zero attached hydrogens (tertiary/aromatic N) is 1. The zero-order valence-corrected chi connectivity index (χ0v) is 19.4. The van der Waals surface area contributed by atoms with Gasteiger partial charge in [0.1, 0.15) is 22.1 Å². The Kier molecular flexibility index (Phi) is 7.75. The molecule has 0 spiro atoms. The second-order valence-electron chi connectivity index (χ2n) is 6.65. The second kappa shape index (κ2) is 10.5. The van der Waals surface area contributed by atoms with E-state index >= 15 is 0 Å². The number of amides is 1. The van der Waals surface area contributed by atoms with E-state index in [1.54, 1.807) is 14.0 Å². The molecule has 31 heavy (non-hydrogen) atoms. The molecule has 0 saturated heterocycles. The lowest BCUT2D eigenvalue weighted by molar-refractivity contribution is -0.113. The van der Waals surface area contributed by atoms with E-state index in [1.165, 1.54) is 23.1 Å². The highest BCUT2D eigenvalue weighted by atomic mass is 32.2. The number of nitrogens with one attached hydrogen (secondary N) is 1. The molecule has 0 fully saturated rings. The summed E-state index contributed by atoms with van der Waals surface area (Å²) in [6.07, 6.45) is 0. The maximum Gasteiger partial charge on any atom is 0.341 e. The van der Waals surface area contributed by atoms with Crippen molar-refractivity contribution in [2.75, 3.05) is 24.8 Å². The fourth-order valence-corrected chi connectivity index (χ4v) is 4.90. The van der Waals surface area contributed by atoms with Crippen molar-refractivity contribution < 1.29 is 23.6 Å². The van der Waals surface area contributed by atoms with Crippen LogP contribution in [0, 0.1) is 13.8 Å². The molecule has 0 atom stereocenters. The van der Waals surface area contributed by atoms with Gasteiger partial charge in [-0.15, -0.1) is 23.1 Å². The molecular weight excluding hydrogens is 436 g/mol. The van der Waals surface area contributed by atoms with Crippen LogP contribution in [0.4, 0.5) is 5.00 Å². The highest BCUT2D eigenvalue weighted by Crippen LogP contribution is 2.37. The van der Waals surface area contributed by atoms with E-state index < -0.39 is 5.97 Å². The SMILES string of the molecule is CCOC(=O)c1c(-c2ccc(OC)cc2)csc1NC(=O)CSCc1c(C)noc1C. The van der Waals surface area contributed by atoms with Crippen molar-refractivity contribution in [3.8, 4) is 16.9 Å². The lowest BCUT2D eigenvalue weighted by atomic mass is 10.0.